The summed E-state index contributed by atoms with van der Waals surface area (Å²) in [7, 11) is 0. The SMILES string of the molecule is Oc1ccc2c(c1)[nH]c1ccccc12.Oc1ccc2c(c1)[nH]c1ccccc12. The first-order valence-electron chi connectivity index (χ1n) is 9.08. The number of aromatic nitrogens is 2. The van der Waals surface area contributed by atoms with Crippen molar-refractivity contribution in [2.24, 2.45) is 0 Å². The minimum Gasteiger partial charge on any atom is -0.508 e. The lowest BCUT2D eigenvalue weighted by Gasteiger charge is -1.91. The van der Waals surface area contributed by atoms with Crippen molar-refractivity contribution >= 4 is 43.6 Å². The maximum Gasteiger partial charge on any atom is 0.117 e. The number of rotatable bonds is 0. The Balaban J connectivity index is 0.000000122. The van der Waals surface area contributed by atoms with Gasteiger partial charge in [-0.3, -0.25) is 0 Å². The van der Waals surface area contributed by atoms with Crippen LogP contribution in [0.4, 0.5) is 0 Å². The number of phenolic OH excluding ortho intramolecular Hbond substituents is 2. The Hall–Kier alpha value is -3.92. The van der Waals surface area contributed by atoms with Crippen molar-refractivity contribution in [3.8, 4) is 11.5 Å². The molecule has 4 nitrogen and oxygen atoms in total. The van der Waals surface area contributed by atoms with E-state index in [0.29, 0.717) is 11.5 Å². The highest BCUT2D eigenvalue weighted by molar-refractivity contribution is 6.08. The van der Waals surface area contributed by atoms with Crippen molar-refractivity contribution < 1.29 is 10.2 Å². The molecule has 4 heteroatoms. The monoisotopic (exact) mass is 366 g/mol. The van der Waals surface area contributed by atoms with Gasteiger partial charge in [-0.05, 0) is 36.4 Å². The zero-order valence-electron chi connectivity index (χ0n) is 15.0. The van der Waals surface area contributed by atoms with Crippen LogP contribution in [0.1, 0.15) is 0 Å². The Kier molecular flexibility index (Phi) is 3.69. The first-order valence-corrected chi connectivity index (χ1v) is 9.08. The van der Waals surface area contributed by atoms with E-state index in [0.717, 1.165) is 32.8 Å². The normalized spacial score (nSPS) is 11.1. The molecule has 136 valence electrons. The highest BCUT2D eigenvalue weighted by atomic mass is 16.3. The third-order valence-electron chi connectivity index (χ3n) is 4.98. The largest absolute Gasteiger partial charge is 0.508 e. The number of phenols is 2. The highest BCUT2D eigenvalue weighted by Gasteiger charge is 2.03. The second kappa shape index (κ2) is 6.35. The van der Waals surface area contributed by atoms with Gasteiger partial charge in [-0.25, -0.2) is 0 Å². The first-order chi connectivity index (χ1) is 13.7. The Morgan fingerprint density at radius 1 is 0.429 bits per heavy atom. The number of fused-ring (bicyclic) bond motifs is 6. The molecule has 28 heavy (non-hydrogen) atoms. The molecule has 6 aromatic rings. The predicted octanol–water partition coefficient (Wildman–Crippen LogP) is 6.05. The van der Waals surface area contributed by atoms with Crippen molar-refractivity contribution in [3.63, 3.8) is 0 Å². The molecule has 4 aromatic carbocycles. The summed E-state index contributed by atoms with van der Waals surface area (Å²) in [5, 5.41) is 23.4. The summed E-state index contributed by atoms with van der Waals surface area (Å²) >= 11 is 0. The number of hydrogen-bond acceptors (Lipinski definition) is 2. The molecule has 0 aliphatic heterocycles. The molecule has 2 aromatic heterocycles. The number of aromatic hydroxyl groups is 2. The molecular weight excluding hydrogens is 348 g/mol. The molecule has 6 rings (SSSR count). The molecule has 0 aliphatic rings. The number of para-hydroxylation sites is 2. The Labute approximate surface area is 160 Å². The summed E-state index contributed by atoms with van der Waals surface area (Å²) in [5.74, 6) is 0.591. The van der Waals surface area contributed by atoms with Crippen LogP contribution in [0.5, 0.6) is 11.5 Å². The molecule has 0 fully saturated rings. The number of aromatic amines is 2. The molecule has 0 aliphatic carbocycles. The summed E-state index contributed by atoms with van der Waals surface area (Å²) in [5.41, 5.74) is 4.17. The molecule has 0 unspecified atom stereocenters. The molecule has 0 bridgehead atoms. The maximum absolute atomic E-state index is 9.34. The van der Waals surface area contributed by atoms with Crippen molar-refractivity contribution in [3.05, 3.63) is 84.9 Å². The van der Waals surface area contributed by atoms with E-state index in [1.54, 1.807) is 24.3 Å². The van der Waals surface area contributed by atoms with Crippen molar-refractivity contribution in [2.75, 3.05) is 0 Å². The van der Waals surface area contributed by atoms with E-state index in [1.165, 1.54) is 10.8 Å². The Morgan fingerprint density at radius 2 is 0.821 bits per heavy atom. The number of nitrogens with one attached hydrogen (secondary N) is 2. The van der Waals surface area contributed by atoms with Crippen molar-refractivity contribution in [1.82, 2.24) is 9.97 Å². The molecule has 0 saturated carbocycles. The number of benzene rings is 4. The van der Waals surface area contributed by atoms with Gasteiger partial charge in [0.15, 0.2) is 0 Å². The van der Waals surface area contributed by atoms with Crippen LogP contribution in [-0.4, -0.2) is 20.2 Å². The van der Waals surface area contributed by atoms with Gasteiger partial charge in [-0.15, -0.1) is 0 Å². The molecule has 0 spiro atoms. The quantitative estimate of drug-likeness (QED) is 0.264. The molecule has 0 saturated heterocycles. The average Bonchev–Trinajstić information content (AvgIpc) is 3.25. The van der Waals surface area contributed by atoms with Crippen molar-refractivity contribution in [2.45, 2.75) is 0 Å². The fourth-order valence-corrected chi connectivity index (χ4v) is 3.69. The fourth-order valence-electron chi connectivity index (χ4n) is 3.69. The smallest absolute Gasteiger partial charge is 0.117 e. The van der Waals surface area contributed by atoms with Crippen LogP contribution >= 0.6 is 0 Å². The Morgan fingerprint density at radius 3 is 1.29 bits per heavy atom. The number of H-pyrrole nitrogens is 2. The third-order valence-corrected chi connectivity index (χ3v) is 4.98. The van der Waals surface area contributed by atoms with Gasteiger partial charge in [-0.2, -0.15) is 0 Å². The summed E-state index contributed by atoms with van der Waals surface area (Å²) < 4.78 is 0. The molecular formula is C24H18N2O2. The summed E-state index contributed by atoms with van der Waals surface area (Å²) in [6.07, 6.45) is 0. The van der Waals surface area contributed by atoms with E-state index in [-0.39, 0.29) is 0 Å². The topological polar surface area (TPSA) is 72.0 Å². The van der Waals surface area contributed by atoms with Gasteiger partial charge >= 0.3 is 0 Å². The van der Waals surface area contributed by atoms with Crippen LogP contribution in [-0.2, 0) is 0 Å². The van der Waals surface area contributed by atoms with Crippen LogP contribution in [0, 0.1) is 0 Å². The second-order valence-electron chi connectivity index (χ2n) is 6.80. The van der Waals surface area contributed by atoms with Crippen LogP contribution in [0.15, 0.2) is 84.9 Å². The van der Waals surface area contributed by atoms with Gasteiger partial charge in [0.25, 0.3) is 0 Å². The summed E-state index contributed by atoms with van der Waals surface area (Å²) in [4.78, 5) is 6.52. The highest BCUT2D eigenvalue weighted by Crippen LogP contribution is 2.28. The zero-order valence-corrected chi connectivity index (χ0v) is 15.0. The number of hydrogen-bond donors (Lipinski definition) is 4. The minimum atomic E-state index is 0.295. The van der Waals surface area contributed by atoms with Crippen molar-refractivity contribution in [1.29, 1.82) is 0 Å². The Bertz CT molecular complexity index is 1330. The molecule has 0 atom stereocenters. The summed E-state index contributed by atoms with van der Waals surface area (Å²) in [6, 6.07) is 27.0. The van der Waals surface area contributed by atoms with Crippen LogP contribution in [0.3, 0.4) is 0 Å². The third kappa shape index (κ3) is 2.72. The van der Waals surface area contributed by atoms with Gasteiger partial charge in [0.05, 0.1) is 11.0 Å². The molecule has 2 heterocycles. The van der Waals surface area contributed by atoms with Gasteiger partial charge in [0.2, 0.25) is 0 Å². The average molecular weight is 366 g/mol. The second-order valence-corrected chi connectivity index (χ2v) is 6.80. The summed E-state index contributed by atoms with van der Waals surface area (Å²) in [6.45, 7) is 0. The van der Waals surface area contributed by atoms with E-state index < -0.39 is 0 Å². The van der Waals surface area contributed by atoms with Gasteiger partial charge in [-0.1, -0.05) is 36.4 Å². The first kappa shape index (κ1) is 16.3. The van der Waals surface area contributed by atoms with Gasteiger partial charge < -0.3 is 20.2 Å². The van der Waals surface area contributed by atoms with E-state index in [2.05, 4.69) is 22.1 Å². The van der Waals surface area contributed by atoms with Gasteiger partial charge in [0, 0.05) is 44.7 Å². The lowest BCUT2D eigenvalue weighted by molar-refractivity contribution is 0.475. The van der Waals surface area contributed by atoms with E-state index >= 15 is 0 Å². The minimum absolute atomic E-state index is 0.295. The standard InChI is InChI=1S/2C12H9NO/c2*14-8-5-6-10-9-3-1-2-4-11(9)13-12(10)7-8/h2*1-7,13-14H. The molecule has 0 amide bonds. The lowest BCUT2D eigenvalue weighted by atomic mass is 10.1. The van der Waals surface area contributed by atoms with E-state index in [9.17, 15) is 10.2 Å². The predicted molar refractivity (Wildman–Crippen MR) is 115 cm³/mol. The fraction of sp³-hybridized carbons (Fsp3) is 0. The molecule has 4 N–H and O–H groups in total. The van der Waals surface area contributed by atoms with E-state index in [4.69, 9.17) is 0 Å². The zero-order chi connectivity index (χ0) is 19.1. The van der Waals surface area contributed by atoms with E-state index in [1.807, 2.05) is 48.5 Å². The van der Waals surface area contributed by atoms with Gasteiger partial charge in [0.1, 0.15) is 11.5 Å². The van der Waals surface area contributed by atoms with Crippen LogP contribution in [0.2, 0.25) is 0 Å². The van der Waals surface area contributed by atoms with Crippen LogP contribution in [0.25, 0.3) is 43.6 Å². The molecule has 0 radical (unpaired) electrons. The maximum atomic E-state index is 9.34. The van der Waals surface area contributed by atoms with Crippen LogP contribution < -0.4 is 0 Å². The lowest BCUT2D eigenvalue weighted by Crippen LogP contribution is -1.66.